The van der Waals surface area contributed by atoms with Crippen LogP contribution in [0, 0.1) is 24.0 Å². The monoisotopic (exact) mass is 386 g/mol. The van der Waals surface area contributed by atoms with E-state index in [9.17, 15) is 14.9 Å². The average molecular weight is 386 g/mol. The van der Waals surface area contributed by atoms with Gasteiger partial charge in [-0.1, -0.05) is 29.3 Å². The number of carbonyl (C=O) groups is 1. The molecule has 0 aromatic heterocycles. The zero-order valence-electron chi connectivity index (χ0n) is 16.5. The highest BCUT2D eigenvalue weighted by atomic mass is 16.6. The summed E-state index contributed by atoms with van der Waals surface area (Å²) in [7, 11) is 1.37. The maximum absolute atomic E-state index is 11.5. The van der Waals surface area contributed by atoms with Gasteiger partial charge in [0.15, 0.2) is 0 Å². The van der Waals surface area contributed by atoms with Gasteiger partial charge in [0.25, 0.3) is 5.69 Å². The number of carbonyl (C=O) groups excluding carboxylic acids is 1. The molecule has 0 aliphatic heterocycles. The van der Waals surface area contributed by atoms with Gasteiger partial charge in [-0.2, -0.15) is 0 Å². The van der Waals surface area contributed by atoms with Crippen molar-refractivity contribution < 1.29 is 19.2 Å². The second-order valence-electron chi connectivity index (χ2n) is 6.74. The lowest BCUT2D eigenvalue weighted by molar-refractivity contribution is -0.384. The maximum atomic E-state index is 11.5. The Morgan fingerprint density at radius 3 is 2.39 bits per heavy atom. The van der Waals surface area contributed by atoms with Crippen molar-refractivity contribution in [3.63, 3.8) is 0 Å². The van der Waals surface area contributed by atoms with Crippen molar-refractivity contribution in [1.82, 2.24) is 0 Å². The van der Waals surface area contributed by atoms with E-state index in [0.717, 1.165) is 30.4 Å². The van der Waals surface area contributed by atoms with Crippen molar-refractivity contribution in [2.45, 2.75) is 39.5 Å². The Balaban J connectivity index is 2.17. The van der Waals surface area contributed by atoms with Gasteiger partial charge >= 0.3 is 5.97 Å². The molecule has 28 heavy (non-hydrogen) atoms. The number of rotatable bonds is 9. The Morgan fingerprint density at radius 2 is 1.79 bits per heavy atom. The molecule has 7 heteroatoms. The zero-order valence-corrected chi connectivity index (χ0v) is 16.5. The van der Waals surface area contributed by atoms with E-state index in [0.29, 0.717) is 29.9 Å². The Morgan fingerprint density at radius 1 is 1.11 bits per heavy atom. The van der Waals surface area contributed by atoms with Crippen LogP contribution in [0.2, 0.25) is 0 Å². The van der Waals surface area contributed by atoms with E-state index >= 15 is 0 Å². The van der Waals surface area contributed by atoms with E-state index in [4.69, 9.17) is 10.5 Å². The number of nitro benzene ring substituents is 1. The molecule has 2 aromatic carbocycles. The third kappa shape index (κ3) is 5.45. The molecule has 2 N–H and O–H groups in total. The van der Waals surface area contributed by atoms with Crippen LogP contribution in [-0.2, 0) is 9.53 Å². The molecule has 2 aromatic rings. The fourth-order valence-corrected chi connectivity index (χ4v) is 3.12. The minimum Gasteiger partial charge on any atom is -0.491 e. The van der Waals surface area contributed by atoms with Crippen molar-refractivity contribution in [1.29, 1.82) is 0 Å². The van der Waals surface area contributed by atoms with Crippen LogP contribution >= 0.6 is 0 Å². The predicted octanol–water partition coefficient (Wildman–Crippen LogP) is 4.57. The number of nitro groups is 1. The molecule has 0 radical (unpaired) electrons. The quantitative estimate of drug-likeness (QED) is 0.222. The zero-order chi connectivity index (χ0) is 20.7. The Bertz CT molecular complexity index is 844. The topological polar surface area (TPSA) is 105 Å². The molecule has 0 aliphatic rings. The number of anilines is 1. The lowest BCUT2D eigenvalue weighted by Gasteiger charge is -2.14. The number of ether oxygens (including phenoxy) is 2. The predicted molar refractivity (Wildman–Crippen MR) is 108 cm³/mol. The number of unbranched alkanes of at least 4 members (excludes halogenated alkanes) is 2. The number of esters is 1. The maximum Gasteiger partial charge on any atom is 0.305 e. The van der Waals surface area contributed by atoms with Crippen LogP contribution in [0.5, 0.6) is 5.75 Å². The molecule has 0 aliphatic carbocycles. The summed E-state index contributed by atoms with van der Waals surface area (Å²) in [5, 5.41) is 11.5. The summed E-state index contributed by atoms with van der Waals surface area (Å²) < 4.78 is 10.4. The molecule has 0 amide bonds. The summed E-state index contributed by atoms with van der Waals surface area (Å²) in [6.07, 6.45) is 2.66. The second kappa shape index (κ2) is 9.73. The van der Waals surface area contributed by atoms with Gasteiger partial charge in [-0.25, -0.2) is 0 Å². The molecule has 2 rings (SSSR count). The van der Waals surface area contributed by atoms with Gasteiger partial charge in [-0.15, -0.1) is 0 Å². The minimum absolute atomic E-state index is 0.0482. The standard InChI is InChI=1S/C21H26N2O5/c1-14-11-15(2)13-16(12-14)20-17(23(25)26)8-9-18(21(20)22)28-10-6-4-5-7-19(24)27-3/h8-9,11-13H,4-7,10,22H2,1-3H3. The number of nitrogens with zero attached hydrogens (tertiary/aromatic N) is 1. The lowest BCUT2D eigenvalue weighted by atomic mass is 9.97. The highest BCUT2D eigenvalue weighted by molar-refractivity contribution is 5.88. The van der Waals surface area contributed by atoms with Crippen LogP contribution in [0.25, 0.3) is 11.1 Å². The number of methoxy groups -OCH3 is 1. The number of nitrogens with two attached hydrogens (primary N) is 1. The largest absolute Gasteiger partial charge is 0.491 e. The molecule has 0 unspecified atom stereocenters. The number of hydrogen-bond donors (Lipinski definition) is 1. The summed E-state index contributed by atoms with van der Waals surface area (Å²) in [4.78, 5) is 22.2. The van der Waals surface area contributed by atoms with Crippen LogP contribution < -0.4 is 10.5 Å². The number of benzene rings is 2. The number of hydrogen-bond acceptors (Lipinski definition) is 6. The van der Waals surface area contributed by atoms with Crippen LogP contribution in [0.1, 0.15) is 36.8 Å². The number of aryl methyl sites for hydroxylation is 2. The van der Waals surface area contributed by atoms with Gasteiger partial charge in [-0.3, -0.25) is 14.9 Å². The number of nitrogen functional groups attached to an aromatic ring is 1. The van der Waals surface area contributed by atoms with Crippen molar-refractivity contribution in [3.05, 3.63) is 51.6 Å². The molecule has 0 saturated heterocycles. The second-order valence-corrected chi connectivity index (χ2v) is 6.74. The molecule has 0 fully saturated rings. The molecule has 7 nitrogen and oxygen atoms in total. The molecular formula is C21H26N2O5. The van der Waals surface area contributed by atoms with E-state index in [1.54, 1.807) is 0 Å². The Labute approximate surface area is 164 Å². The van der Waals surface area contributed by atoms with Crippen molar-refractivity contribution >= 4 is 17.3 Å². The summed E-state index contributed by atoms with van der Waals surface area (Å²) in [6.45, 7) is 4.29. The molecule has 0 atom stereocenters. The molecule has 0 bridgehead atoms. The van der Waals surface area contributed by atoms with E-state index < -0.39 is 4.92 Å². The molecule has 0 saturated carbocycles. The first-order chi connectivity index (χ1) is 13.3. The highest BCUT2D eigenvalue weighted by Gasteiger charge is 2.22. The fraction of sp³-hybridized carbons (Fsp3) is 0.381. The summed E-state index contributed by atoms with van der Waals surface area (Å²) in [5.74, 6) is 0.200. The van der Waals surface area contributed by atoms with Crippen molar-refractivity contribution in [2.24, 2.45) is 0 Å². The first-order valence-corrected chi connectivity index (χ1v) is 9.18. The molecular weight excluding hydrogens is 360 g/mol. The fourth-order valence-electron chi connectivity index (χ4n) is 3.12. The van der Waals surface area contributed by atoms with E-state index in [-0.39, 0.29) is 17.3 Å². The van der Waals surface area contributed by atoms with Gasteiger partial charge < -0.3 is 15.2 Å². The first-order valence-electron chi connectivity index (χ1n) is 9.18. The first kappa shape index (κ1) is 21.2. The van der Waals surface area contributed by atoms with Crippen molar-refractivity contribution in [3.8, 4) is 16.9 Å². The van der Waals surface area contributed by atoms with E-state index in [2.05, 4.69) is 4.74 Å². The van der Waals surface area contributed by atoms with E-state index in [1.807, 2.05) is 32.0 Å². The van der Waals surface area contributed by atoms with E-state index in [1.165, 1.54) is 19.2 Å². The third-order valence-corrected chi connectivity index (χ3v) is 4.40. The Kier molecular flexibility index (Phi) is 7.37. The average Bonchev–Trinajstić information content (AvgIpc) is 2.63. The van der Waals surface area contributed by atoms with Gasteiger partial charge in [0.1, 0.15) is 5.75 Å². The van der Waals surface area contributed by atoms with Crippen LogP contribution in [0.3, 0.4) is 0 Å². The molecule has 0 heterocycles. The van der Waals surface area contributed by atoms with Gasteiger partial charge in [0.05, 0.1) is 29.9 Å². The van der Waals surface area contributed by atoms with Crippen molar-refractivity contribution in [2.75, 3.05) is 19.5 Å². The minimum atomic E-state index is -0.431. The van der Waals surface area contributed by atoms with Crippen LogP contribution in [0.15, 0.2) is 30.3 Å². The van der Waals surface area contributed by atoms with Crippen LogP contribution in [0.4, 0.5) is 11.4 Å². The summed E-state index contributed by atoms with van der Waals surface area (Å²) in [5.41, 5.74) is 9.55. The SMILES string of the molecule is COC(=O)CCCCCOc1ccc([N+](=O)[O-])c(-c2cc(C)cc(C)c2)c1N. The third-order valence-electron chi connectivity index (χ3n) is 4.40. The van der Waals surface area contributed by atoms with Gasteiger partial charge in [-0.05, 0) is 44.7 Å². The highest BCUT2D eigenvalue weighted by Crippen LogP contribution is 2.41. The lowest BCUT2D eigenvalue weighted by Crippen LogP contribution is -2.04. The summed E-state index contributed by atoms with van der Waals surface area (Å²) >= 11 is 0. The summed E-state index contributed by atoms with van der Waals surface area (Å²) in [6, 6.07) is 8.72. The molecule has 0 spiro atoms. The molecule has 150 valence electrons. The Hall–Kier alpha value is -3.09. The van der Waals surface area contributed by atoms with Gasteiger partial charge in [0, 0.05) is 12.5 Å². The van der Waals surface area contributed by atoms with Crippen LogP contribution in [-0.4, -0.2) is 24.6 Å². The smallest absolute Gasteiger partial charge is 0.305 e. The normalized spacial score (nSPS) is 10.5. The van der Waals surface area contributed by atoms with Gasteiger partial charge in [0.2, 0.25) is 0 Å².